The van der Waals surface area contributed by atoms with Gasteiger partial charge >= 0.3 is 0 Å². The summed E-state index contributed by atoms with van der Waals surface area (Å²) in [5, 5.41) is 7.39. The zero-order chi connectivity index (χ0) is 17.3. The maximum Gasteiger partial charge on any atom is 0.191 e. The number of guanidine groups is 1. The minimum atomic E-state index is -2.97. The van der Waals surface area contributed by atoms with E-state index in [2.05, 4.69) is 15.6 Å². The third-order valence-electron chi connectivity index (χ3n) is 3.00. The normalized spacial score (nSPS) is 11.8. The fraction of sp³-hybridized carbons (Fsp3) is 0.533. The Morgan fingerprint density at radius 2 is 1.96 bits per heavy atom. The monoisotopic (exact) mass is 507 g/mol. The molecule has 9 heteroatoms. The van der Waals surface area contributed by atoms with Crippen LogP contribution >= 0.6 is 47.2 Å². The molecule has 1 rings (SSSR count). The lowest BCUT2D eigenvalue weighted by molar-refractivity contribution is 0.600. The van der Waals surface area contributed by atoms with Gasteiger partial charge in [-0.3, -0.25) is 4.99 Å². The number of nitrogens with zero attached hydrogens (tertiary/aromatic N) is 1. The maximum atomic E-state index is 11.1. The Bertz CT molecular complexity index is 640. The van der Waals surface area contributed by atoms with E-state index in [-0.39, 0.29) is 29.7 Å². The predicted octanol–water partition coefficient (Wildman–Crippen LogP) is 3.14. The van der Waals surface area contributed by atoms with E-state index in [9.17, 15) is 8.42 Å². The zero-order valence-corrected chi connectivity index (χ0v) is 18.5. The van der Waals surface area contributed by atoms with E-state index in [1.807, 2.05) is 19.1 Å². The molecule has 1 aromatic carbocycles. The summed E-state index contributed by atoms with van der Waals surface area (Å²) in [4.78, 5) is 4.43. The molecule has 0 aliphatic heterocycles. The Hall–Kier alpha value is -0.250. The molecule has 2 N–H and O–H groups in total. The van der Waals surface area contributed by atoms with Crippen molar-refractivity contribution in [3.8, 4) is 0 Å². The molecular formula is C15H24Cl2IN3O2S. The minimum Gasteiger partial charge on any atom is -0.357 e. The summed E-state index contributed by atoms with van der Waals surface area (Å²) < 4.78 is 22.2. The van der Waals surface area contributed by atoms with E-state index in [1.165, 1.54) is 6.26 Å². The van der Waals surface area contributed by atoms with E-state index in [4.69, 9.17) is 23.2 Å². The number of benzene rings is 1. The zero-order valence-electron chi connectivity index (χ0n) is 13.8. The van der Waals surface area contributed by atoms with Crippen LogP contribution in [0.2, 0.25) is 10.0 Å². The second kappa shape index (κ2) is 12.2. The Morgan fingerprint density at radius 1 is 1.25 bits per heavy atom. The van der Waals surface area contributed by atoms with Crippen LogP contribution in [-0.2, 0) is 16.3 Å². The Labute approximate surface area is 171 Å². The summed E-state index contributed by atoms with van der Waals surface area (Å²) >= 11 is 12.0. The molecule has 0 saturated heterocycles. The number of rotatable bonds is 8. The third-order valence-corrected chi connectivity index (χ3v) is 4.53. The SMILES string of the molecule is CCNC(=NCCCc1ccc(Cl)cc1Cl)NCCS(C)(=O)=O.I. The van der Waals surface area contributed by atoms with Crippen molar-refractivity contribution < 1.29 is 8.42 Å². The maximum absolute atomic E-state index is 11.1. The fourth-order valence-electron chi connectivity index (χ4n) is 1.88. The molecule has 0 fully saturated rings. The lowest BCUT2D eigenvalue weighted by Gasteiger charge is -2.10. The summed E-state index contributed by atoms with van der Waals surface area (Å²) in [6.45, 7) is 3.63. The first kappa shape index (κ1) is 23.8. The van der Waals surface area contributed by atoms with Crippen molar-refractivity contribution in [1.29, 1.82) is 0 Å². The van der Waals surface area contributed by atoms with Crippen LogP contribution in [0.25, 0.3) is 0 Å². The van der Waals surface area contributed by atoms with Crippen LogP contribution in [0.1, 0.15) is 18.9 Å². The van der Waals surface area contributed by atoms with Gasteiger partial charge in [-0.1, -0.05) is 29.3 Å². The lowest BCUT2D eigenvalue weighted by atomic mass is 10.1. The highest BCUT2D eigenvalue weighted by Gasteiger charge is 2.04. The summed E-state index contributed by atoms with van der Waals surface area (Å²) in [7, 11) is -2.97. The second-order valence-electron chi connectivity index (χ2n) is 5.16. The van der Waals surface area contributed by atoms with Gasteiger partial charge in [-0.2, -0.15) is 0 Å². The van der Waals surface area contributed by atoms with Gasteiger partial charge in [-0.25, -0.2) is 8.42 Å². The van der Waals surface area contributed by atoms with Crippen molar-refractivity contribution in [1.82, 2.24) is 10.6 Å². The van der Waals surface area contributed by atoms with E-state index in [0.717, 1.165) is 18.4 Å². The standard InChI is InChI=1S/C15H23Cl2N3O2S.HI/c1-3-18-15(20-9-10-23(2,21)22)19-8-4-5-12-6-7-13(16)11-14(12)17;/h6-7,11H,3-5,8-10H2,1-2H3,(H2,18,19,20);1H. The van der Waals surface area contributed by atoms with E-state index in [0.29, 0.717) is 35.6 Å². The molecular weight excluding hydrogens is 484 g/mol. The van der Waals surface area contributed by atoms with Crippen molar-refractivity contribution in [3.63, 3.8) is 0 Å². The Balaban J connectivity index is 0.00000529. The first-order valence-electron chi connectivity index (χ1n) is 7.45. The van der Waals surface area contributed by atoms with Gasteiger partial charge in [0.25, 0.3) is 0 Å². The van der Waals surface area contributed by atoms with Gasteiger partial charge in [-0.05, 0) is 37.5 Å². The van der Waals surface area contributed by atoms with Gasteiger partial charge < -0.3 is 10.6 Å². The van der Waals surface area contributed by atoms with Crippen LogP contribution in [0.5, 0.6) is 0 Å². The smallest absolute Gasteiger partial charge is 0.191 e. The van der Waals surface area contributed by atoms with Crippen LogP contribution in [0.4, 0.5) is 0 Å². The van der Waals surface area contributed by atoms with E-state index < -0.39 is 9.84 Å². The molecule has 0 heterocycles. The summed E-state index contributed by atoms with van der Waals surface area (Å²) in [5.41, 5.74) is 1.04. The highest BCUT2D eigenvalue weighted by molar-refractivity contribution is 14.0. The number of halogens is 3. The summed E-state index contributed by atoms with van der Waals surface area (Å²) in [5.74, 6) is 0.705. The molecule has 0 radical (unpaired) electrons. The molecule has 0 spiro atoms. The molecule has 5 nitrogen and oxygen atoms in total. The average Bonchev–Trinajstić information content (AvgIpc) is 2.44. The van der Waals surface area contributed by atoms with Crippen LogP contribution in [-0.4, -0.2) is 46.0 Å². The van der Waals surface area contributed by atoms with Gasteiger partial charge in [0.15, 0.2) is 5.96 Å². The van der Waals surface area contributed by atoms with Gasteiger partial charge in [0, 0.05) is 35.9 Å². The number of nitrogens with one attached hydrogen (secondary N) is 2. The van der Waals surface area contributed by atoms with Gasteiger partial charge in [0.2, 0.25) is 0 Å². The Kier molecular flexibility index (Phi) is 12.0. The molecule has 0 bridgehead atoms. The summed E-state index contributed by atoms with van der Waals surface area (Å²) in [6.07, 6.45) is 2.86. The minimum absolute atomic E-state index is 0. The topological polar surface area (TPSA) is 70.6 Å². The van der Waals surface area contributed by atoms with Crippen molar-refractivity contribution in [2.45, 2.75) is 19.8 Å². The largest absolute Gasteiger partial charge is 0.357 e. The van der Waals surface area contributed by atoms with E-state index in [1.54, 1.807) is 6.07 Å². The molecule has 0 amide bonds. The molecule has 0 unspecified atom stereocenters. The van der Waals surface area contributed by atoms with Crippen LogP contribution in [0, 0.1) is 0 Å². The lowest BCUT2D eigenvalue weighted by Crippen LogP contribution is -2.39. The third kappa shape index (κ3) is 10.6. The molecule has 0 aliphatic carbocycles. The average molecular weight is 508 g/mol. The number of aryl methyl sites for hydroxylation is 1. The van der Waals surface area contributed by atoms with Gasteiger partial charge in [0.05, 0.1) is 5.75 Å². The highest BCUT2D eigenvalue weighted by Crippen LogP contribution is 2.21. The fourth-order valence-corrected chi connectivity index (χ4v) is 2.86. The quantitative estimate of drug-likeness (QED) is 0.245. The van der Waals surface area contributed by atoms with E-state index >= 15 is 0 Å². The Morgan fingerprint density at radius 3 is 2.54 bits per heavy atom. The van der Waals surface area contributed by atoms with Crippen molar-refractivity contribution >= 4 is 63.0 Å². The number of hydrogen-bond donors (Lipinski definition) is 2. The number of hydrogen-bond acceptors (Lipinski definition) is 3. The summed E-state index contributed by atoms with van der Waals surface area (Å²) in [6, 6.07) is 5.48. The van der Waals surface area contributed by atoms with Crippen molar-refractivity contribution in [2.24, 2.45) is 4.99 Å². The van der Waals surface area contributed by atoms with Gasteiger partial charge in [0.1, 0.15) is 9.84 Å². The highest BCUT2D eigenvalue weighted by atomic mass is 127. The molecule has 0 aliphatic rings. The predicted molar refractivity (Wildman–Crippen MR) is 114 cm³/mol. The van der Waals surface area contributed by atoms with Crippen LogP contribution < -0.4 is 10.6 Å². The van der Waals surface area contributed by atoms with Crippen LogP contribution in [0.3, 0.4) is 0 Å². The molecule has 24 heavy (non-hydrogen) atoms. The molecule has 138 valence electrons. The number of aliphatic imine (C=N–C) groups is 1. The molecule has 0 aromatic heterocycles. The number of sulfone groups is 1. The van der Waals surface area contributed by atoms with Crippen molar-refractivity contribution in [2.75, 3.05) is 31.6 Å². The molecule has 0 atom stereocenters. The molecule has 1 aromatic rings. The second-order valence-corrected chi connectivity index (χ2v) is 8.26. The first-order valence-corrected chi connectivity index (χ1v) is 10.3. The van der Waals surface area contributed by atoms with Crippen molar-refractivity contribution in [3.05, 3.63) is 33.8 Å². The van der Waals surface area contributed by atoms with Gasteiger partial charge in [-0.15, -0.1) is 24.0 Å². The molecule has 0 saturated carbocycles. The van der Waals surface area contributed by atoms with Crippen LogP contribution in [0.15, 0.2) is 23.2 Å². The first-order chi connectivity index (χ1) is 10.8.